The van der Waals surface area contributed by atoms with Crippen LogP contribution in [0.2, 0.25) is 0 Å². The van der Waals surface area contributed by atoms with Gasteiger partial charge in [0.05, 0.1) is 0 Å². The zero-order chi connectivity index (χ0) is 13.8. The lowest BCUT2D eigenvalue weighted by Gasteiger charge is -2.22. The first-order chi connectivity index (χ1) is 9.10. The molecule has 3 heteroatoms. The molecule has 1 heterocycles. The third kappa shape index (κ3) is 3.32. The maximum atomic E-state index is 5.79. The lowest BCUT2D eigenvalue weighted by atomic mass is 10.1. The van der Waals surface area contributed by atoms with E-state index in [1.165, 1.54) is 11.1 Å². The molecule has 19 heavy (non-hydrogen) atoms. The maximum absolute atomic E-state index is 5.79. The van der Waals surface area contributed by atoms with Gasteiger partial charge >= 0.3 is 0 Å². The summed E-state index contributed by atoms with van der Waals surface area (Å²) in [5.74, 6) is 0. The van der Waals surface area contributed by atoms with E-state index in [0.29, 0.717) is 6.54 Å². The van der Waals surface area contributed by atoms with Crippen LogP contribution in [0.3, 0.4) is 0 Å². The first-order valence-corrected chi connectivity index (χ1v) is 6.52. The van der Waals surface area contributed by atoms with E-state index >= 15 is 0 Å². The molecule has 0 spiro atoms. The number of hydrogen-bond acceptors (Lipinski definition) is 3. The first kappa shape index (κ1) is 13.6. The molecule has 0 amide bonds. The van der Waals surface area contributed by atoms with E-state index in [1.807, 2.05) is 13.1 Å². The molecular weight excluding hydrogens is 234 g/mol. The normalized spacial score (nSPS) is 10.5. The van der Waals surface area contributed by atoms with E-state index in [-0.39, 0.29) is 0 Å². The molecule has 0 unspecified atom stereocenters. The van der Waals surface area contributed by atoms with Gasteiger partial charge in [0.15, 0.2) is 0 Å². The highest BCUT2D eigenvalue weighted by molar-refractivity contribution is 5.53. The van der Waals surface area contributed by atoms with Gasteiger partial charge in [-0.3, -0.25) is 4.98 Å². The Hall–Kier alpha value is -1.87. The number of nitrogens with two attached hydrogens (primary N) is 1. The predicted molar refractivity (Wildman–Crippen MR) is 80.2 cm³/mol. The van der Waals surface area contributed by atoms with Gasteiger partial charge in [-0.05, 0) is 25.5 Å². The molecule has 0 saturated heterocycles. The average Bonchev–Trinajstić information content (AvgIpc) is 2.41. The number of pyridine rings is 1. The van der Waals surface area contributed by atoms with E-state index in [4.69, 9.17) is 5.73 Å². The van der Waals surface area contributed by atoms with Crippen LogP contribution in [-0.4, -0.2) is 12.0 Å². The fourth-order valence-corrected chi connectivity index (χ4v) is 2.14. The lowest BCUT2D eigenvalue weighted by Crippen LogP contribution is -2.19. The smallest absolute Gasteiger partial charge is 0.0445 e. The highest BCUT2D eigenvalue weighted by atomic mass is 15.1. The molecule has 0 fully saturated rings. The van der Waals surface area contributed by atoms with Gasteiger partial charge < -0.3 is 10.6 Å². The molecule has 2 N–H and O–H groups in total. The zero-order valence-corrected chi connectivity index (χ0v) is 11.9. The number of anilines is 1. The van der Waals surface area contributed by atoms with Gasteiger partial charge in [0.1, 0.15) is 0 Å². The SMILES string of the molecule is Cc1ccc(CN(C)c2cc(C)ncc2CN)cc1. The van der Waals surface area contributed by atoms with Gasteiger partial charge in [0.2, 0.25) is 0 Å². The van der Waals surface area contributed by atoms with E-state index < -0.39 is 0 Å². The van der Waals surface area contributed by atoms with Gasteiger partial charge in [0.25, 0.3) is 0 Å². The minimum Gasteiger partial charge on any atom is -0.370 e. The van der Waals surface area contributed by atoms with Crippen molar-refractivity contribution in [2.45, 2.75) is 26.9 Å². The number of rotatable bonds is 4. The number of hydrogen-bond donors (Lipinski definition) is 1. The van der Waals surface area contributed by atoms with Crippen LogP contribution in [0.15, 0.2) is 36.5 Å². The standard InChI is InChI=1S/C16H21N3/c1-12-4-6-14(7-5-12)11-19(3)16-8-13(2)18-10-15(16)9-17/h4-8,10H,9,11,17H2,1-3H3. The maximum Gasteiger partial charge on any atom is 0.0445 e. The van der Waals surface area contributed by atoms with Crippen LogP contribution in [0.1, 0.15) is 22.4 Å². The van der Waals surface area contributed by atoms with Crippen molar-refractivity contribution in [3.63, 3.8) is 0 Å². The quantitative estimate of drug-likeness (QED) is 0.913. The van der Waals surface area contributed by atoms with Crippen molar-refractivity contribution < 1.29 is 0 Å². The summed E-state index contributed by atoms with van der Waals surface area (Å²) in [6.07, 6.45) is 1.87. The Balaban J connectivity index is 2.21. The Bertz CT molecular complexity index is 546. The Labute approximate surface area is 115 Å². The Morgan fingerprint density at radius 2 is 1.84 bits per heavy atom. The van der Waals surface area contributed by atoms with Crippen molar-refractivity contribution in [1.29, 1.82) is 0 Å². The van der Waals surface area contributed by atoms with Gasteiger partial charge in [-0.25, -0.2) is 0 Å². The molecule has 0 bridgehead atoms. The topological polar surface area (TPSA) is 42.2 Å². The van der Waals surface area contributed by atoms with Crippen LogP contribution in [0.25, 0.3) is 0 Å². The van der Waals surface area contributed by atoms with E-state index in [0.717, 1.165) is 23.5 Å². The van der Waals surface area contributed by atoms with Crippen LogP contribution in [0.5, 0.6) is 0 Å². The molecule has 100 valence electrons. The molecule has 3 nitrogen and oxygen atoms in total. The van der Waals surface area contributed by atoms with Gasteiger partial charge in [0, 0.05) is 43.3 Å². The second-order valence-electron chi connectivity index (χ2n) is 5.00. The number of aryl methyl sites for hydroxylation is 2. The summed E-state index contributed by atoms with van der Waals surface area (Å²) in [6.45, 7) is 5.49. The molecule has 0 saturated carbocycles. The molecule has 0 aliphatic carbocycles. The third-order valence-electron chi connectivity index (χ3n) is 3.27. The fraction of sp³-hybridized carbons (Fsp3) is 0.312. The molecule has 0 aliphatic heterocycles. The van der Waals surface area contributed by atoms with Gasteiger partial charge in [-0.2, -0.15) is 0 Å². The molecule has 0 atom stereocenters. The van der Waals surface area contributed by atoms with Crippen molar-refractivity contribution in [1.82, 2.24) is 4.98 Å². The minimum absolute atomic E-state index is 0.515. The van der Waals surface area contributed by atoms with Crippen molar-refractivity contribution in [2.75, 3.05) is 11.9 Å². The molecule has 2 aromatic rings. The van der Waals surface area contributed by atoms with E-state index in [1.54, 1.807) is 0 Å². The summed E-state index contributed by atoms with van der Waals surface area (Å²) >= 11 is 0. The molecule has 0 aliphatic rings. The number of nitrogens with zero attached hydrogens (tertiary/aromatic N) is 2. The van der Waals surface area contributed by atoms with Crippen LogP contribution in [-0.2, 0) is 13.1 Å². The predicted octanol–water partition coefficient (Wildman–Crippen LogP) is 2.79. The summed E-state index contributed by atoms with van der Waals surface area (Å²) in [6, 6.07) is 10.7. The Morgan fingerprint density at radius 1 is 1.16 bits per heavy atom. The Kier molecular flexibility index (Phi) is 4.17. The second-order valence-corrected chi connectivity index (χ2v) is 5.00. The summed E-state index contributed by atoms with van der Waals surface area (Å²) in [5.41, 5.74) is 11.6. The Morgan fingerprint density at radius 3 is 2.47 bits per heavy atom. The zero-order valence-electron chi connectivity index (χ0n) is 11.9. The average molecular weight is 255 g/mol. The highest BCUT2D eigenvalue weighted by Gasteiger charge is 2.08. The second kappa shape index (κ2) is 5.85. The lowest BCUT2D eigenvalue weighted by molar-refractivity contribution is 0.894. The van der Waals surface area contributed by atoms with Crippen molar-refractivity contribution in [3.05, 3.63) is 58.9 Å². The third-order valence-corrected chi connectivity index (χ3v) is 3.27. The van der Waals surface area contributed by atoms with Crippen LogP contribution < -0.4 is 10.6 Å². The molecule has 0 radical (unpaired) electrons. The largest absolute Gasteiger partial charge is 0.370 e. The fourth-order valence-electron chi connectivity index (χ4n) is 2.14. The molecular formula is C16H21N3. The van der Waals surface area contributed by atoms with E-state index in [2.05, 4.69) is 54.2 Å². The number of benzene rings is 1. The van der Waals surface area contributed by atoms with Crippen LogP contribution in [0, 0.1) is 13.8 Å². The number of aromatic nitrogens is 1. The summed E-state index contributed by atoms with van der Waals surface area (Å²) in [7, 11) is 2.09. The van der Waals surface area contributed by atoms with Crippen LogP contribution >= 0.6 is 0 Å². The van der Waals surface area contributed by atoms with Crippen molar-refractivity contribution >= 4 is 5.69 Å². The van der Waals surface area contributed by atoms with Gasteiger partial charge in [-0.1, -0.05) is 29.8 Å². The summed E-state index contributed by atoms with van der Waals surface area (Å²) in [4.78, 5) is 6.53. The first-order valence-electron chi connectivity index (χ1n) is 6.52. The molecule has 2 rings (SSSR count). The van der Waals surface area contributed by atoms with Crippen LogP contribution in [0.4, 0.5) is 5.69 Å². The molecule has 1 aromatic carbocycles. The summed E-state index contributed by atoms with van der Waals surface area (Å²) < 4.78 is 0. The van der Waals surface area contributed by atoms with Gasteiger partial charge in [-0.15, -0.1) is 0 Å². The van der Waals surface area contributed by atoms with Crippen molar-refractivity contribution in [3.8, 4) is 0 Å². The minimum atomic E-state index is 0.515. The highest BCUT2D eigenvalue weighted by Crippen LogP contribution is 2.21. The van der Waals surface area contributed by atoms with Crippen molar-refractivity contribution in [2.24, 2.45) is 5.73 Å². The molecule has 1 aromatic heterocycles. The monoisotopic (exact) mass is 255 g/mol. The van der Waals surface area contributed by atoms with E-state index in [9.17, 15) is 0 Å². The summed E-state index contributed by atoms with van der Waals surface area (Å²) in [5, 5.41) is 0.